The second-order valence-corrected chi connectivity index (χ2v) is 9.56. The number of rotatable bonds is 6. The van der Waals surface area contributed by atoms with E-state index in [-0.39, 0.29) is 23.6 Å². The number of nitrogens with one attached hydrogen (secondary N) is 1. The first kappa shape index (κ1) is 24.8. The number of ether oxygens (including phenoxy) is 1. The second kappa shape index (κ2) is 11.4. The molecule has 3 amide bonds. The van der Waals surface area contributed by atoms with Crippen molar-refractivity contribution in [3.05, 3.63) is 65.2 Å². The molecule has 2 aliphatic heterocycles. The quantitative estimate of drug-likeness (QED) is 0.689. The van der Waals surface area contributed by atoms with E-state index in [2.05, 4.69) is 5.32 Å². The summed E-state index contributed by atoms with van der Waals surface area (Å²) in [7, 11) is 1.58. The monoisotopic (exact) mass is 477 g/mol. The summed E-state index contributed by atoms with van der Waals surface area (Å²) in [6.45, 7) is 4.55. The molecule has 2 aliphatic rings. The Labute approximate surface area is 207 Å². The van der Waals surface area contributed by atoms with Gasteiger partial charge in [0, 0.05) is 37.3 Å². The van der Waals surface area contributed by atoms with Crippen LogP contribution < -0.4 is 10.1 Å². The van der Waals surface area contributed by atoms with Gasteiger partial charge in [0.05, 0.1) is 7.11 Å². The zero-order valence-corrected chi connectivity index (χ0v) is 20.7. The van der Waals surface area contributed by atoms with Gasteiger partial charge >= 0.3 is 0 Å². The van der Waals surface area contributed by atoms with Crippen molar-refractivity contribution in [3.63, 3.8) is 0 Å². The van der Waals surface area contributed by atoms with E-state index in [4.69, 9.17) is 4.74 Å². The lowest BCUT2D eigenvalue weighted by atomic mass is 9.87. The van der Waals surface area contributed by atoms with Crippen molar-refractivity contribution < 1.29 is 19.1 Å². The fraction of sp³-hybridized carbons (Fsp3) is 0.464. The van der Waals surface area contributed by atoms with Gasteiger partial charge in [-0.05, 0) is 75.3 Å². The van der Waals surface area contributed by atoms with E-state index in [1.54, 1.807) is 31.4 Å². The Morgan fingerprint density at radius 3 is 2.23 bits per heavy atom. The lowest BCUT2D eigenvalue weighted by Crippen LogP contribution is -2.55. The fourth-order valence-corrected chi connectivity index (χ4v) is 5.00. The summed E-state index contributed by atoms with van der Waals surface area (Å²) in [4.78, 5) is 43.4. The van der Waals surface area contributed by atoms with E-state index in [9.17, 15) is 14.4 Å². The third-order valence-electron chi connectivity index (χ3n) is 7.15. The first-order valence-corrected chi connectivity index (χ1v) is 12.6. The molecule has 0 aliphatic carbocycles. The van der Waals surface area contributed by atoms with Crippen LogP contribution in [-0.2, 0) is 4.79 Å². The van der Waals surface area contributed by atoms with Gasteiger partial charge in [-0.3, -0.25) is 14.4 Å². The molecule has 7 nitrogen and oxygen atoms in total. The van der Waals surface area contributed by atoms with E-state index in [1.165, 1.54) is 0 Å². The highest BCUT2D eigenvalue weighted by molar-refractivity contribution is 5.98. The molecule has 0 saturated carbocycles. The van der Waals surface area contributed by atoms with Crippen LogP contribution in [0.1, 0.15) is 58.4 Å². The maximum Gasteiger partial charge on any atom is 0.253 e. The molecular formula is C28H35N3O4. The van der Waals surface area contributed by atoms with Crippen LogP contribution in [0.25, 0.3) is 0 Å². The standard InChI is InChI=1S/C28H35N3O4/c1-20-9-11-22(12-10-20)26(32)29-25(28(34)30-15-4-3-5-16-30)21-13-17-31(18-14-21)27(33)23-7-6-8-24(19-23)35-2/h6-12,19,21,25H,3-5,13-18H2,1-2H3,(H,29,32)/t25-/m0/s1. The highest BCUT2D eigenvalue weighted by Gasteiger charge is 2.36. The fourth-order valence-electron chi connectivity index (χ4n) is 5.00. The molecule has 0 aromatic heterocycles. The van der Waals surface area contributed by atoms with E-state index >= 15 is 0 Å². The van der Waals surface area contributed by atoms with Gasteiger partial charge in [-0.1, -0.05) is 23.8 Å². The molecule has 7 heteroatoms. The van der Waals surface area contributed by atoms with Crippen LogP contribution in [0, 0.1) is 12.8 Å². The topological polar surface area (TPSA) is 79.0 Å². The van der Waals surface area contributed by atoms with Crippen molar-refractivity contribution in [1.82, 2.24) is 15.1 Å². The van der Waals surface area contributed by atoms with Gasteiger partial charge in [0.15, 0.2) is 0 Å². The molecule has 0 unspecified atom stereocenters. The maximum atomic E-state index is 13.5. The summed E-state index contributed by atoms with van der Waals surface area (Å²) in [6.07, 6.45) is 4.45. The van der Waals surface area contributed by atoms with E-state index in [1.807, 2.05) is 41.0 Å². The number of aryl methyl sites for hydroxylation is 1. The van der Waals surface area contributed by atoms with Gasteiger partial charge in [-0.15, -0.1) is 0 Å². The lowest BCUT2D eigenvalue weighted by Gasteiger charge is -2.38. The number of benzene rings is 2. The highest BCUT2D eigenvalue weighted by atomic mass is 16.5. The minimum absolute atomic E-state index is 0.00253. The van der Waals surface area contributed by atoms with Gasteiger partial charge in [0.2, 0.25) is 5.91 Å². The van der Waals surface area contributed by atoms with Crippen molar-refractivity contribution in [2.24, 2.45) is 5.92 Å². The first-order chi connectivity index (χ1) is 17.0. The predicted molar refractivity (Wildman–Crippen MR) is 134 cm³/mol. The Bertz CT molecular complexity index is 1040. The summed E-state index contributed by atoms with van der Waals surface area (Å²) in [5.74, 6) is 0.368. The normalized spacial score (nSPS) is 17.5. The molecule has 1 N–H and O–H groups in total. The molecule has 2 heterocycles. The van der Waals surface area contributed by atoms with Crippen LogP contribution in [0.15, 0.2) is 48.5 Å². The molecule has 1 atom stereocenters. The minimum atomic E-state index is -0.587. The van der Waals surface area contributed by atoms with E-state index < -0.39 is 6.04 Å². The Morgan fingerprint density at radius 1 is 0.886 bits per heavy atom. The summed E-state index contributed by atoms with van der Waals surface area (Å²) in [6, 6.07) is 14.0. The molecule has 4 rings (SSSR count). The van der Waals surface area contributed by atoms with Crippen molar-refractivity contribution >= 4 is 17.7 Å². The van der Waals surface area contributed by atoms with Crippen molar-refractivity contribution in [1.29, 1.82) is 0 Å². The summed E-state index contributed by atoms with van der Waals surface area (Å²) in [5, 5.41) is 3.06. The van der Waals surface area contributed by atoms with Crippen LogP contribution in [0.2, 0.25) is 0 Å². The number of carbonyl (C=O) groups excluding carboxylic acids is 3. The average molecular weight is 478 g/mol. The average Bonchev–Trinajstić information content (AvgIpc) is 2.92. The number of piperidine rings is 2. The van der Waals surface area contributed by atoms with E-state index in [0.717, 1.165) is 37.9 Å². The number of hydrogen-bond donors (Lipinski definition) is 1. The van der Waals surface area contributed by atoms with Crippen LogP contribution in [-0.4, -0.2) is 66.9 Å². The zero-order chi connectivity index (χ0) is 24.8. The molecule has 186 valence electrons. The second-order valence-electron chi connectivity index (χ2n) is 9.56. The SMILES string of the molecule is COc1cccc(C(=O)N2CCC([C@H](NC(=O)c3ccc(C)cc3)C(=O)N3CCCCC3)CC2)c1. The van der Waals surface area contributed by atoms with Crippen LogP contribution >= 0.6 is 0 Å². The Balaban J connectivity index is 1.46. The van der Waals surface area contributed by atoms with Gasteiger partial charge in [-0.2, -0.15) is 0 Å². The highest BCUT2D eigenvalue weighted by Crippen LogP contribution is 2.25. The largest absolute Gasteiger partial charge is 0.497 e. The molecule has 2 fully saturated rings. The summed E-state index contributed by atoms with van der Waals surface area (Å²) < 4.78 is 5.25. The maximum absolute atomic E-state index is 13.5. The van der Waals surface area contributed by atoms with Crippen molar-refractivity contribution in [2.45, 2.75) is 45.1 Å². The van der Waals surface area contributed by atoms with E-state index in [0.29, 0.717) is 42.8 Å². The first-order valence-electron chi connectivity index (χ1n) is 12.6. The molecule has 0 spiro atoms. The Hall–Kier alpha value is -3.35. The number of methoxy groups -OCH3 is 1. The number of hydrogen-bond acceptors (Lipinski definition) is 4. The molecule has 0 radical (unpaired) electrons. The Kier molecular flexibility index (Phi) is 8.06. The molecule has 2 aromatic carbocycles. The van der Waals surface area contributed by atoms with Gasteiger partial charge in [-0.25, -0.2) is 0 Å². The number of nitrogens with zero attached hydrogens (tertiary/aromatic N) is 2. The van der Waals surface area contributed by atoms with Gasteiger partial charge in [0.1, 0.15) is 11.8 Å². The third-order valence-corrected chi connectivity index (χ3v) is 7.15. The smallest absolute Gasteiger partial charge is 0.253 e. The third kappa shape index (κ3) is 6.02. The van der Waals surface area contributed by atoms with Crippen molar-refractivity contribution in [3.8, 4) is 5.75 Å². The molecule has 2 saturated heterocycles. The Morgan fingerprint density at radius 2 is 1.57 bits per heavy atom. The predicted octanol–water partition coefficient (Wildman–Crippen LogP) is 3.67. The van der Waals surface area contributed by atoms with Crippen molar-refractivity contribution in [2.75, 3.05) is 33.3 Å². The van der Waals surface area contributed by atoms with Crippen LogP contribution in [0.5, 0.6) is 5.75 Å². The van der Waals surface area contributed by atoms with Crippen LogP contribution in [0.4, 0.5) is 0 Å². The molecule has 0 bridgehead atoms. The van der Waals surface area contributed by atoms with Gasteiger partial charge in [0.25, 0.3) is 11.8 Å². The molecule has 2 aromatic rings. The van der Waals surface area contributed by atoms with Crippen LogP contribution in [0.3, 0.4) is 0 Å². The van der Waals surface area contributed by atoms with Gasteiger partial charge < -0.3 is 19.9 Å². The molecular weight excluding hydrogens is 442 g/mol. The zero-order valence-electron chi connectivity index (χ0n) is 20.7. The lowest BCUT2D eigenvalue weighted by molar-refractivity contribution is -0.136. The number of likely N-dealkylation sites (tertiary alicyclic amines) is 2. The minimum Gasteiger partial charge on any atom is -0.497 e. The summed E-state index contributed by atoms with van der Waals surface area (Å²) in [5.41, 5.74) is 2.23. The number of amides is 3. The molecule has 35 heavy (non-hydrogen) atoms. The summed E-state index contributed by atoms with van der Waals surface area (Å²) >= 11 is 0. The number of carbonyl (C=O) groups is 3.